The SMILES string of the molecule is CCCCCC(C)NC1CC(C)c2c(C)ccc(O)c21. The van der Waals surface area contributed by atoms with Crippen molar-refractivity contribution in [3.05, 3.63) is 28.8 Å². The molecule has 0 amide bonds. The smallest absolute Gasteiger partial charge is 0.120 e. The Balaban J connectivity index is 2.08. The largest absolute Gasteiger partial charge is 0.508 e. The van der Waals surface area contributed by atoms with E-state index in [-0.39, 0.29) is 0 Å². The number of aromatic hydroxyl groups is 1. The molecule has 0 saturated carbocycles. The second-order valence-electron chi connectivity index (χ2n) is 6.48. The minimum absolute atomic E-state index is 0.316. The highest BCUT2D eigenvalue weighted by molar-refractivity contribution is 5.50. The van der Waals surface area contributed by atoms with Gasteiger partial charge < -0.3 is 10.4 Å². The van der Waals surface area contributed by atoms with E-state index < -0.39 is 0 Å². The van der Waals surface area contributed by atoms with Crippen LogP contribution < -0.4 is 5.32 Å². The van der Waals surface area contributed by atoms with E-state index in [1.54, 1.807) is 0 Å². The van der Waals surface area contributed by atoms with Crippen molar-refractivity contribution in [3.63, 3.8) is 0 Å². The standard InChI is InChI=1S/C18H29NO/c1-5-6-7-8-14(4)19-15-11-13(3)17-12(2)9-10-16(20)18(15)17/h9-10,13-15,19-20H,5-8,11H2,1-4H3. The number of phenolic OH excluding ortho intramolecular Hbond substituents is 1. The molecule has 112 valence electrons. The molecule has 0 heterocycles. The summed E-state index contributed by atoms with van der Waals surface area (Å²) in [5.41, 5.74) is 3.83. The van der Waals surface area contributed by atoms with E-state index in [1.165, 1.54) is 36.8 Å². The van der Waals surface area contributed by atoms with Gasteiger partial charge in [0.15, 0.2) is 0 Å². The first kappa shape index (κ1) is 15.4. The zero-order valence-electron chi connectivity index (χ0n) is 13.4. The van der Waals surface area contributed by atoms with Crippen LogP contribution in [-0.2, 0) is 0 Å². The van der Waals surface area contributed by atoms with E-state index in [1.807, 2.05) is 12.1 Å². The fraction of sp³-hybridized carbons (Fsp3) is 0.667. The molecule has 0 aromatic heterocycles. The third-order valence-electron chi connectivity index (χ3n) is 4.64. The van der Waals surface area contributed by atoms with E-state index in [0.29, 0.717) is 23.8 Å². The van der Waals surface area contributed by atoms with Crippen molar-refractivity contribution in [2.75, 3.05) is 0 Å². The average Bonchev–Trinajstić information content (AvgIpc) is 2.72. The third kappa shape index (κ3) is 3.17. The summed E-state index contributed by atoms with van der Waals surface area (Å²) in [5.74, 6) is 1.01. The van der Waals surface area contributed by atoms with Crippen molar-refractivity contribution in [1.29, 1.82) is 0 Å². The van der Waals surface area contributed by atoms with Crippen LogP contribution in [0, 0.1) is 6.92 Å². The molecule has 0 fully saturated rings. The molecule has 0 spiro atoms. The van der Waals surface area contributed by atoms with Gasteiger partial charge in [0.05, 0.1) is 0 Å². The second kappa shape index (κ2) is 6.62. The van der Waals surface area contributed by atoms with Crippen molar-refractivity contribution in [1.82, 2.24) is 5.32 Å². The van der Waals surface area contributed by atoms with Gasteiger partial charge in [-0.05, 0) is 49.8 Å². The minimum atomic E-state index is 0.316. The summed E-state index contributed by atoms with van der Waals surface area (Å²) in [5, 5.41) is 14.0. The Labute approximate surface area is 123 Å². The number of hydrogen-bond donors (Lipinski definition) is 2. The molecular formula is C18H29NO. The van der Waals surface area contributed by atoms with Gasteiger partial charge >= 0.3 is 0 Å². The Morgan fingerprint density at radius 1 is 1.30 bits per heavy atom. The number of unbranched alkanes of at least 4 members (excludes halogenated alkanes) is 2. The highest BCUT2D eigenvalue weighted by Crippen LogP contribution is 2.46. The molecule has 2 nitrogen and oxygen atoms in total. The summed E-state index contributed by atoms with van der Waals surface area (Å²) in [6.07, 6.45) is 6.20. The lowest BCUT2D eigenvalue weighted by atomic mass is 9.97. The molecule has 1 aromatic rings. The van der Waals surface area contributed by atoms with Gasteiger partial charge in [-0.2, -0.15) is 0 Å². The molecule has 1 aliphatic carbocycles. The molecule has 1 aliphatic rings. The van der Waals surface area contributed by atoms with Crippen molar-refractivity contribution in [2.45, 2.75) is 77.8 Å². The lowest BCUT2D eigenvalue weighted by Gasteiger charge is -2.21. The van der Waals surface area contributed by atoms with Gasteiger partial charge in [-0.1, -0.05) is 39.2 Å². The van der Waals surface area contributed by atoms with Crippen LogP contribution in [0.5, 0.6) is 5.75 Å². The monoisotopic (exact) mass is 275 g/mol. The van der Waals surface area contributed by atoms with Gasteiger partial charge in [-0.25, -0.2) is 0 Å². The lowest BCUT2D eigenvalue weighted by Crippen LogP contribution is -2.29. The van der Waals surface area contributed by atoms with E-state index in [4.69, 9.17) is 0 Å². The highest BCUT2D eigenvalue weighted by atomic mass is 16.3. The van der Waals surface area contributed by atoms with Crippen molar-refractivity contribution in [3.8, 4) is 5.75 Å². The Morgan fingerprint density at radius 2 is 2.05 bits per heavy atom. The summed E-state index contributed by atoms with van der Waals surface area (Å²) in [7, 11) is 0. The maximum Gasteiger partial charge on any atom is 0.120 e. The maximum absolute atomic E-state index is 10.2. The van der Waals surface area contributed by atoms with Crippen LogP contribution >= 0.6 is 0 Å². The zero-order chi connectivity index (χ0) is 14.7. The molecule has 0 radical (unpaired) electrons. The van der Waals surface area contributed by atoms with Crippen LogP contribution in [-0.4, -0.2) is 11.1 Å². The summed E-state index contributed by atoms with van der Waals surface area (Å²) < 4.78 is 0. The van der Waals surface area contributed by atoms with Gasteiger partial charge in [0.1, 0.15) is 5.75 Å². The van der Waals surface area contributed by atoms with Gasteiger partial charge in [0.25, 0.3) is 0 Å². The first-order valence-corrected chi connectivity index (χ1v) is 8.13. The first-order chi connectivity index (χ1) is 9.54. The number of aryl methyl sites for hydroxylation is 1. The molecule has 0 bridgehead atoms. The number of benzene rings is 1. The van der Waals surface area contributed by atoms with E-state index in [9.17, 15) is 5.11 Å². The second-order valence-corrected chi connectivity index (χ2v) is 6.48. The van der Waals surface area contributed by atoms with Crippen molar-refractivity contribution < 1.29 is 5.11 Å². The molecule has 2 rings (SSSR count). The molecule has 2 heteroatoms. The summed E-state index contributed by atoms with van der Waals surface area (Å²) >= 11 is 0. The minimum Gasteiger partial charge on any atom is -0.508 e. The van der Waals surface area contributed by atoms with Crippen LogP contribution in [0.15, 0.2) is 12.1 Å². The fourth-order valence-corrected chi connectivity index (χ4v) is 3.62. The Kier molecular flexibility index (Phi) is 5.09. The van der Waals surface area contributed by atoms with Crippen LogP contribution in [0.2, 0.25) is 0 Å². The number of nitrogens with one attached hydrogen (secondary N) is 1. The van der Waals surface area contributed by atoms with E-state index in [0.717, 1.165) is 12.0 Å². The van der Waals surface area contributed by atoms with Crippen molar-refractivity contribution >= 4 is 0 Å². The molecule has 1 aromatic carbocycles. The molecule has 3 atom stereocenters. The number of phenols is 1. The summed E-state index contributed by atoms with van der Waals surface area (Å²) in [4.78, 5) is 0. The van der Waals surface area contributed by atoms with Crippen molar-refractivity contribution in [2.24, 2.45) is 0 Å². The number of hydrogen-bond acceptors (Lipinski definition) is 2. The molecule has 0 aliphatic heterocycles. The molecular weight excluding hydrogens is 246 g/mol. The Morgan fingerprint density at radius 3 is 2.75 bits per heavy atom. The first-order valence-electron chi connectivity index (χ1n) is 8.13. The highest BCUT2D eigenvalue weighted by Gasteiger charge is 2.32. The predicted molar refractivity (Wildman–Crippen MR) is 85.4 cm³/mol. The van der Waals surface area contributed by atoms with Gasteiger partial charge in [-0.3, -0.25) is 0 Å². The topological polar surface area (TPSA) is 32.3 Å². The third-order valence-corrected chi connectivity index (χ3v) is 4.64. The van der Waals surface area contributed by atoms with Gasteiger partial charge in [-0.15, -0.1) is 0 Å². The molecule has 20 heavy (non-hydrogen) atoms. The van der Waals surface area contributed by atoms with Gasteiger partial charge in [0.2, 0.25) is 0 Å². The number of fused-ring (bicyclic) bond motifs is 1. The predicted octanol–water partition coefficient (Wildman–Crippen LogP) is 4.81. The Bertz CT molecular complexity index is 455. The number of rotatable bonds is 6. The van der Waals surface area contributed by atoms with E-state index in [2.05, 4.69) is 33.0 Å². The molecule has 3 unspecified atom stereocenters. The van der Waals surface area contributed by atoms with E-state index >= 15 is 0 Å². The van der Waals surface area contributed by atoms with Crippen LogP contribution in [0.25, 0.3) is 0 Å². The molecule has 2 N–H and O–H groups in total. The Hall–Kier alpha value is -1.02. The fourth-order valence-electron chi connectivity index (χ4n) is 3.62. The molecule has 0 saturated heterocycles. The quantitative estimate of drug-likeness (QED) is 0.730. The summed E-state index contributed by atoms with van der Waals surface area (Å²) in [6.45, 7) is 8.94. The zero-order valence-corrected chi connectivity index (χ0v) is 13.4. The summed E-state index contributed by atoms with van der Waals surface area (Å²) in [6, 6.07) is 4.72. The normalized spacial score (nSPS) is 22.8. The van der Waals surface area contributed by atoms with Crippen LogP contribution in [0.3, 0.4) is 0 Å². The maximum atomic E-state index is 10.2. The van der Waals surface area contributed by atoms with Crippen LogP contribution in [0.1, 0.15) is 81.5 Å². The van der Waals surface area contributed by atoms with Gasteiger partial charge in [0, 0.05) is 17.6 Å². The van der Waals surface area contributed by atoms with Crippen LogP contribution in [0.4, 0.5) is 0 Å². The lowest BCUT2D eigenvalue weighted by molar-refractivity contribution is 0.398. The average molecular weight is 275 g/mol.